The third-order valence-electron chi connectivity index (χ3n) is 7.27. The largest absolute Gasteiger partial charge is 0.384 e. The van der Waals surface area contributed by atoms with E-state index in [0.717, 1.165) is 34.9 Å². The number of aromatic nitrogens is 2. The Kier molecular flexibility index (Phi) is 12.4. The fourth-order valence-electron chi connectivity index (χ4n) is 4.55. The molecule has 0 amide bonds. The molecule has 0 aliphatic rings. The highest BCUT2D eigenvalue weighted by Gasteiger charge is 2.27. The molecular weight excluding hydrogens is 542 g/mol. The van der Waals surface area contributed by atoms with Crippen LogP contribution < -0.4 is 11.5 Å². The summed E-state index contributed by atoms with van der Waals surface area (Å²) in [6.07, 6.45) is 5.02. The molecule has 226 valence electrons. The Balaban J connectivity index is 1.34. The molecule has 3 rings (SSSR count). The van der Waals surface area contributed by atoms with Crippen molar-refractivity contribution in [2.45, 2.75) is 77.2 Å². The number of ketones is 2. The molecule has 5 N–H and O–H groups in total. The van der Waals surface area contributed by atoms with Crippen molar-refractivity contribution < 1.29 is 28.2 Å². The molecule has 3 aromatic rings. The molecule has 10 heteroatoms. The number of aliphatic hydroxyl groups excluding tert-OH is 1. The van der Waals surface area contributed by atoms with Gasteiger partial charge in [-0.3, -0.25) is 9.59 Å². The molecule has 0 spiro atoms. The summed E-state index contributed by atoms with van der Waals surface area (Å²) in [5.74, 6) is -1.56. The number of hydrogen-bond donors (Lipinski definition) is 3. The van der Waals surface area contributed by atoms with Gasteiger partial charge >= 0.3 is 0 Å². The van der Waals surface area contributed by atoms with Crippen molar-refractivity contribution >= 4 is 11.6 Å². The van der Waals surface area contributed by atoms with E-state index >= 15 is 0 Å². The van der Waals surface area contributed by atoms with Gasteiger partial charge in [0.25, 0.3) is 0 Å². The van der Waals surface area contributed by atoms with Gasteiger partial charge < -0.3 is 21.3 Å². The molecule has 8 nitrogen and oxygen atoms in total. The Morgan fingerprint density at radius 2 is 1.64 bits per heavy atom. The zero-order valence-corrected chi connectivity index (χ0v) is 24.1. The minimum Gasteiger partial charge on any atom is -0.384 e. The number of carbonyl (C=O) groups is 2. The third kappa shape index (κ3) is 10.8. The summed E-state index contributed by atoms with van der Waals surface area (Å²) in [7, 11) is 0. The van der Waals surface area contributed by atoms with Gasteiger partial charge in [0.05, 0.1) is 19.3 Å². The van der Waals surface area contributed by atoms with Crippen LogP contribution in [0.4, 0.5) is 8.78 Å². The van der Waals surface area contributed by atoms with Crippen LogP contribution in [0.1, 0.15) is 57.1 Å². The number of nitrogens with zero attached hydrogens (tertiary/aromatic N) is 2. The molecule has 0 saturated carbocycles. The Bertz CT molecular complexity index is 1310. The molecule has 1 aromatic heterocycles. The molecule has 0 bridgehead atoms. The normalized spacial score (nSPS) is 13.9. The number of rotatable bonds is 17. The van der Waals surface area contributed by atoms with E-state index in [2.05, 4.69) is 9.97 Å². The van der Waals surface area contributed by atoms with Crippen molar-refractivity contribution in [3.8, 4) is 11.1 Å². The third-order valence-corrected chi connectivity index (χ3v) is 7.27. The van der Waals surface area contributed by atoms with Gasteiger partial charge in [0, 0.05) is 43.3 Å². The molecule has 42 heavy (non-hydrogen) atoms. The molecule has 0 aliphatic heterocycles. The fraction of sp³-hybridized carbons (Fsp3) is 0.438. The minimum absolute atomic E-state index is 0.0128. The molecule has 0 saturated heterocycles. The smallest absolute Gasteiger partial charge is 0.162 e. The number of benzene rings is 2. The lowest BCUT2D eigenvalue weighted by atomic mass is 9.81. The van der Waals surface area contributed by atoms with E-state index in [9.17, 15) is 23.5 Å². The minimum atomic E-state index is -1.36. The lowest BCUT2D eigenvalue weighted by molar-refractivity contribution is -0.129. The maximum Gasteiger partial charge on any atom is 0.162 e. The summed E-state index contributed by atoms with van der Waals surface area (Å²) in [6, 6.07) is 9.39. The molecule has 1 heterocycles. The van der Waals surface area contributed by atoms with Crippen LogP contribution in [0.5, 0.6) is 0 Å². The first-order valence-corrected chi connectivity index (χ1v) is 14.0. The number of hydrogen-bond acceptors (Lipinski definition) is 8. The van der Waals surface area contributed by atoms with Gasteiger partial charge in [-0.2, -0.15) is 0 Å². The monoisotopic (exact) mass is 582 g/mol. The lowest BCUT2D eigenvalue weighted by Crippen LogP contribution is -2.44. The van der Waals surface area contributed by atoms with Crippen molar-refractivity contribution in [2.24, 2.45) is 16.9 Å². The molecule has 0 radical (unpaired) electrons. The van der Waals surface area contributed by atoms with Crippen LogP contribution in [0.2, 0.25) is 0 Å². The van der Waals surface area contributed by atoms with Crippen LogP contribution in [-0.4, -0.2) is 51.4 Å². The van der Waals surface area contributed by atoms with E-state index in [1.165, 1.54) is 6.33 Å². The first-order chi connectivity index (χ1) is 19.9. The summed E-state index contributed by atoms with van der Waals surface area (Å²) in [5, 5.41) is 10.4. The maximum atomic E-state index is 13.9. The average molecular weight is 583 g/mol. The quantitative estimate of drug-likeness (QED) is 0.214. The lowest BCUT2D eigenvalue weighted by Gasteiger charge is -2.25. The summed E-state index contributed by atoms with van der Waals surface area (Å²) < 4.78 is 32.9. The molecular formula is C32H40F2N4O4. The van der Waals surface area contributed by atoms with Gasteiger partial charge in [0.15, 0.2) is 5.78 Å². The van der Waals surface area contributed by atoms with Crippen LogP contribution in [0.25, 0.3) is 11.1 Å². The maximum absolute atomic E-state index is 13.9. The SMILES string of the molecule is CC(C)(CCC(=O)CC(N)Cc1cc(F)ccc1F)CCC(=O)C(O)C(N)COCc1ccc(-c2cncnc2)cc1. The number of aliphatic hydroxyl groups is 1. The zero-order chi connectivity index (χ0) is 30.7. The molecule has 3 atom stereocenters. The molecule has 3 unspecified atom stereocenters. The summed E-state index contributed by atoms with van der Waals surface area (Å²) >= 11 is 0. The van der Waals surface area contributed by atoms with Gasteiger partial charge in [-0.15, -0.1) is 0 Å². The van der Waals surface area contributed by atoms with Crippen molar-refractivity contribution in [3.05, 3.63) is 83.9 Å². The number of nitrogens with two attached hydrogens (primary N) is 2. The summed E-state index contributed by atoms with van der Waals surface area (Å²) in [4.78, 5) is 33.1. The van der Waals surface area contributed by atoms with Crippen LogP contribution in [0, 0.1) is 17.0 Å². The second-order valence-electron chi connectivity index (χ2n) is 11.5. The Labute approximate surface area is 245 Å². The summed E-state index contributed by atoms with van der Waals surface area (Å²) in [6.45, 7) is 4.18. The Morgan fingerprint density at radius 3 is 2.33 bits per heavy atom. The van der Waals surface area contributed by atoms with Crippen molar-refractivity contribution in [2.75, 3.05) is 6.61 Å². The fourth-order valence-corrected chi connectivity index (χ4v) is 4.55. The van der Waals surface area contributed by atoms with Gasteiger partial charge in [0.1, 0.15) is 29.8 Å². The zero-order valence-electron chi connectivity index (χ0n) is 24.1. The van der Waals surface area contributed by atoms with Crippen LogP contribution in [-0.2, 0) is 27.4 Å². The van der Waals surface area contributed by atoms with Crippen LogP contribution in [0.3, 0.4) is 0 Å². The topological polar surface area (TPSA) is 141 Å². The second kappa shape index (κ2) is 15.7. The highest BCUT2D eigenvalue weighted by Crippen LogP contribution is 2.29. The van der Waals surface area contributed by atoms with Gasteiger partial charge in [0.2, 0.25) is 0 Å². The Morgan fingerprint density at radius 1 is 0.976 bits per heavy atom. The van der Waals surface area contributed by atoms with Crippen molar-refractivity contribution in [1.29, 1.82) is 0 Å². The van der Waals surface area contributed by atoms with E-state index in [0.29, 0.717) is 12.8 Å². The Hall–Kier alpha value is -3.44. The first kappa shape index (κ1) is 33.1. The molecule has 2 aromatic carbocycles. The summed E-state index contributed by atoms with van der Waals surface area (Å²) in [5.41, 5.74) is 14.6. The number of carbonyl (C=O) groups excluding carboxylic acids is 2. The highest BCUT2D eigenvalue weighted by molar-refractivity contribution is 5.83. The van der Waals surface area contributed by atoms with E-state index < -0.39 is 29.8 Å². The molecule has 0 fully saturated rings. The highest BCUT2D eigenvalue weighted by atomic mass is 19.1. The van der Waals surface area contributed by atoms with Crippen molar-refractivity contribution in [3.63, 3.8) is 0 Å². The van der Waals surface area contributed by atoms with E-state index in [1.54, 1.807) is 12.4 Å². The van der Waals surface area contributed by atoms with E-state index in [4.69, 9.17) is 16.2 Å². The predicted octanol–water partition coefficient (Wildman–Crippen LogP) is 4.31. The van der Waals surface area contributed by atoms with Crippen LogP contribution >= 0.6 is 0 Å². The van der Waals surface area contributed by atoms with Gasteiger partial charge in [-0.05, 0) is 59.6 Å². The number of halogens is 2. The second-order valence-corrected chi connectivity index (χ2v) is 11.5. The standard InChI is InChI=1S/C32H40F2N4O4/c1-32(2,11-9-27(39)15-26(35)14-23-13-25(33)7-8-28(23)34)12-10-30(40)31(41)29(36)19-42-18-21-3-5-22(6-4-21)24-16-37-20-38-17-24/h3-8,13,16-17,20,26,29,31,41H,9-12,14-15,18-19,35-36H2,1-2H3. The average Bonchev–Trinajstić information content (AvgIpc) is 2.97. The van der Waals surface area contributed by atoms with Gasteiger partial charge in [-0.1, -0.05) is 38.1 Å². The predicted molar refractivity (Wildman–Crippen MR) is 156 cm³/mol. The first-order valence-electron chi connectivity index (χ1n) is 14.0. The van der Waals surface area contributed by atoms with Crippen LogP contribution in [0.15, 0.2) is 61.2 Å². The van der Waals surface area contributed by atoms with E-state index in [1.807, 2.05) is 38.1 Å². The van der Waals surface area contributed by atoms with Gasteiger partial charge in [-0.25, -0.2) is 18.7 Å². The molecule has 0 aliphatic carbocycles. The van der Waals surface area contributed by atoms with E-state index in [-0.39, 0.29) is 61.4 Å². The number of ether oxygens (including phenoxy) is 1. The number of Topliss-reactive ketones (excluding diaryl/α,β-unsaturated/α-hetero) is 2. The van der Waals surface area contributed by atoms with Crippen molar-refractivity contribution in [1.82, 2.24) is 9.97 Å².